The van der Waals surface area contributed by atoms with Crippen LogP contribution in [0.5, 0.6) is 11.5 Å². The molecular weight excluding hydrogens is 213 g/mol. The molecular formula is C9H9F3O3. The molecule has 0 fully saturated rings. The summed E-state index contributed by atoms with van der Waals surface area (Å²) in [4.78, 5) is 0. The quantitative estimate of drug-likeness (QED) is 0.853. The topological polar surface area (TPSA) is 38.7 Å². The van der Waals surface area contributed by atoms with Crippen molar-refractivity contribution in [2.45, 2.75) is 13.0 Å². The van der Waals surface area contributed by atoms with Crippen molar-refractivity contribution in [1.29, 1.82) is 0 Å². The highest BCUT2D eigenvalue weighted by Gasteiger charge is 2.31. The first-order chi connectivity index (χ1) is 6.90. The number of halogens is 3. The van der Waals surface area contributed by atoms with Gasteiger partial charge in [0, 0.05) is 13.2 Å². The second-order valence-corrected chi connectivity index (χ2v) is 2.82. The Hall–Kier alpha value is -1.43. The Morgan fingerprint density at radius 2 is 1.93 bits per heavy atom. The van der Waals surface area contributed by atoms with Crippen LogP contribution >= 0.6 is 0 Å². The maximum absolute atomic E-state index is 11.9. The Kier molecular flexibility index (Phi) is 3.41. The molecule has 3 nitrogen and oxygen atoms in total. The smallest absolute Gasteiger partial charge is 0.508 e. The summed E-state index contributed by atoms with van der Waals surface area (Å²) in [5, 5.41) is 9.11. The van der Waals surface area contributed by atoms with Crippen LogP contribution in [0.1, 0.15) is 5.56 Å². The summed E-state index contributed by atoms with van der Waals surface area (Å²) in [6.07, 6.45) is -4.77. The molecule has 15 heavy (non-hydrogen) atoms. The van der Waals surface area contributed by atoms with Gasteiger partial charge in [0.25, 0.3) is 0 Å². The third-order valence-electron chi connectivity index (χ3n) is 1.50. The van der Waals surface area contributed by atoms with Crippen LogP contribution in [0, 0.1) is 0 Å². The number of aromatic hydroxyl groups is 1. The van der Waals surface area contributed by atoms with Gasteiger partial charge in [-0.15, -0.1) is 13.2 Å². The van der Waals surface area contributed by atoms with Crippen molar-refractivity contribution in [2.75, 3.05) is 7.11 Å². The molecule has 0 aromatic heterocycles. The largest absolute Gasteiger partial charge is 0.573 e. The van der Waals surface area contributed by atoms with Gasteiger partial charge >= 0.3 is 6.36 Å². The van der Waals surface area contributed by atoms with Gasteiger partial charge in [0.1, 0.15) is 11.5 Å². The zero-order chi connectivity index (χ0) is 11.5. The Morgan fingerprint density at radius 3 is 2.47 bits per heavy atom. The number of hydrogen-bond acceptors (Lipinski definition) is 3. The molecule has 1 aromatic rings. The molecule has 6 heteroatoms. The number of phenols is 1. The van der Waals surface area contributed by atoms with Gasteiger partial charge in [-0.25, -0.2) is 0 Å². The van der Waals surface area contributed by atoms with Crippen LogP contribution in [0.3, 0.4) is 0 Å². The maximum Gasteiger partial charge on any atom is 0.573 e. The lowest BCUT2D eigenvalue weighted by atomic mass is 10.2. The number of hydrogen-bond donors (Lipinski definition) is 1. The highest BCUT2D eigenvalue weighted by atomic mass is 19.4. The van der Waals surface area contributed by atoms with Crippen LogP contribution in [0.25, 0.3) is 0 Å². The molecule has 0 unspecified atom stereocenters. The Labute approximate surface area is 84.0 Å². The van der Waals surface area contributed by atoms with Gasteiger partial charge in [0.2, 0.25) is 0 Å². The summed E-state index contributed by atoms with van der Waals surface area (Å²) in [6.45, 7) is 0.0998. The first kappa shape index (κ1) is 11.6. The van der Waals surface area contributed by atoms with Crippen LogP contribution in [-0.4, -0.2) is 18.6 Å². The first-order valence-corrected chi connectivity index (χ1v) is 3.98. The zero-order valence-electron chi connectivity index (χ0n) is 7.84. The number of alkyl halides is 3. The number of ether oxygens (including phenoxy) is 2. The normalized spacial score (nSPS) is 11.5. The predicted molar refractivity (Wildman–Crippen MR) is 45.5 cm³/mol. The van der Waals surface area contributed by atoms with Crippen molar-refractivity contribution in [1.82, 2.24) is 0 Å². The summed E-state index contributed by atoms with van der Waals surface area (Å²) in [5.74, 6) is -0.765. The number of rotatable bonds is 3. The van der Waals surface area contributed by atoms with E-state index in [2.05, 4.69) is 4.74 Å². The fourth-order valence-electron chi connectivity index (χ4n) is 1.09. The van der Waals surface area contributed by atoms with Gasteiger partial charge in [0.05, 0.1) is 6.61 Å². The van der Waals surface area contributed by atoms with Gasteiger partial charge in [-0.1, -0.05) is 0 Å². The van der Waals surface area contributed by atoms with Gasteiger partial charge < -0.3 is 14.6 Å². The number of phenolic OH excluding ortho intramolecular Hbond substituents is 1. The summed E-state index contributed by atoms with van der Waals surface area (Å²) in [5.41, 5.74) is 0.400. The molecule has 1 N–H and O–H groups in total. The van der Waals surface area contributed by atoms with E-state index in [1.165, 1.54) is 13.2 Å². The minimum absolute atomic E-state index is 0.0998. The highest BCUT2D eigenvalue weighted by molar-refractivity contribution is 5.37. The monoisotopic (exact) mass is 222 g/mol. The average Bonchev–Trinajstić information content (AvgIpc) is 1.99. The molecule has 0 aliphatic heterocycles. The molecule has 1 aromatic carbocycles. The molecule has 0 saturated carbocycles. The van der Waals surface area contributed by atoms with E-state index < -0.39 is 12.1 Å². The lowest BCUT2D eigenvalue weighted by Crippen LogP contribution is -2.17. The van der Waals surface area contributed by atoms with Gasteiger partial charge in [-0.2, -0.15) is 0 Å². The molecule has 0 atom stereocenters. The van der Waals surface area contributed by atoms with E-state index in [1.807, 2.05) is 0 Å². The third-order valence-corrected chi connectivity index (χ3v) is 1.50. The Morgan fingerprint density at radius 1 is 1.27 bits per heavy atom. The SMILES string of the molecule is COCc1cc(O)cc(OC(F)(F)F)c1. The van der Waals surface area contributed by atoms with Crippen molar-refractivity contribution < 1.29 is 27.8 Å². The molecule has 0 bridgehead atoms. The lowest BCUT2D eigenvalue weighted by Gasteiger charge is -2.10. The predicted octanol–water partition coefficient (Wildman–Crippen LogP) is 2.44. The number of methoxy groups -OCH3 is 1. The molecule has 0 saturated heterocycles. The van der Waals surface area contributed by atoms with Crippen molar-refractivity contribution in [3.63, 3.8) is 0 Å². The van der Waals surface area contributed by atoms with E-state index in [0.29, 0.717) is 5.56 Å². The van der Waals surface area contributed by atoms with E-state index in [9.17, 15) is 13.2 Å². The van der Waals surface area contributed by atoms with E-state index in [-0.39, 0.29) is 12.4 Å². The van der Waals surface area contributed by atoms with E-state index >= 15 is 0 Å². The third kappa shape index (κ3) is 4.07. The molecule has 84 valence electrons. The second kappa shape index (κ2) is 4.39. The Balaban J connectivity index is 2.88. The standard InChI is InChI=1S/C9H9F3O3/c1-14-5-6-2-7(13)4-8(3-6)15-9(10,11)12/h2-4,13H,5H2,1H3. The summed E-state index contributed by atoms with van der Waals surface area (Å²) in [6, 6.07) is 3.33. The molecule has 0 amide bonds. The van der Waals surface area contributed by atoms with E-state index in [4.69, 9.17) is 9.84 Å². The fourth-order valence-corrected chi connectivity index (χ4v) is 1.09. The second-order valence-electron chi connectivity index (χ2n) is 2.82. The highest BCUT2D eigenvalue weighted by Crippen LogP contribution is 2.27. The zero-order valence-corrected chi connectivity index (χ0v) is 7.84. The van der Waals surface area contributed by atoms with Crippen LogP contribution in [0.2, 0.25) is 0 Å². The van der Waals surface area contributed by atoms with Gasteiger partial charge in [0.15, 0.2) is 0 Å². The van der Waals surface area contributed by atoms with Gasteiger partial charge in [-0.3, -0.25) is 0 Å². The van der Waals surface area contributed by atoms with Crippen molar-refractivity contribution in [3.05, 3.63) is 23.8 Å². The van der Waals surface area contributed by atoms with Gasteiger partial charge in [-0.05, 0) is 17.7 Å². The molecule has 0 spiro atoms. The first-order valence-electron chi connectivity index (χ1n) is 3.98. The maximum atomic E-state index is 11.9. The Bertz CT molecular complexity index is 336. The van der Waals surface area contributed by atoms with Crippen molar-refractivity contribution in [2.24, 2.45) is 0 Å². The summed E-state index contributed by atoms with van der Waals surface area (Å²) < 4.78 is 43.9. The average molecular weight is 222 g/mol. The minimum Gasteiger partial charge on any atom is -0.508 e. The van der Waals surface area contributed by atoms with E-state index in [1.54, 1.807) is 0 Å². The molecule has 0 aliphatic rings. The molecule has 0 heterocycles. The minimum atomic E-state index is -4.77. The lowest BCUT2D eigenvalue weighted by molar-refractivity contribution is -0.274. The van der Waals surface area contributed by atoms with Crippen molar-refractivity contribution in [3.8, 4) is 11.5 Å². The van der Waals surface area contributed by atoms with Crippen molar-refractivity contribution >= 4 is 0 Å². The van der Waals surface area contributed by atoms with E-state index in [0.717, 1.165) is 12.1 Å². The summed E-state index contributed by atoms with van der Waals surface area (Å²) >= 11 is 0. The molecule has 0 aliphatic carbocycles. The summed E-state index contributed by atoms with van der Waals surface area (Å²) in [7, 11) is 1.40. The van der Waals surface area contributed by atoms with Crippen LogP contribution in [-0.2, 0) is 11.3 Å². The van der Waals surface area contributed by atoms with Crippen LogP contribution in [0.4, 0.5) is 13.2 Å². The molecule has 0 radical (unpaired) electrons. The fraction of sp³-hybridized carbons (Fsp3) is 0.333. The molecule has 1 rings (SSSR count). The number of benzene rings is 1. The van der Waals surface area contributed by atoms with Crippen LogP contribution in [0.15, 0.2) is 18.2 Å². The van der Waals surface area contributed by atoms with Crippen LogP contribution < -0.4 is 4.74 Å².